The van der Waals surface area contributed by atoms with E-state index < -0.39 is 0 Å². The van der Waals surface area contributed by atoms with E-state index in [0.717, 1.165) is 37.3 Å². The second-order valence-corrected chi connectivity index (χ2v) is 4.15. The third-order valence-electron chi connectivity index (χ3n) is 2.63. The highest BCUT2D eigenvalue weighted by atomic mass is 16.1. The van der Waals surface area contributed by atoms with E-state index >= 15 is 0 Å². The molecule has 0 amide bonds. The summed E-state index contributed by atoms with van der Waals surface area (Å²) in [6.07, 6.45) is 2.69. The van der Waals surface area contributed by atoms with Crippen LogP contribution in [0.25, 0.3) is 0 Å². The quantitative estimate of drug-likeness (QED) is 0.662. The van der Waals surface area contributed by atoms with E-state index in [-0.39, 0.29) is 5.92 Å². The molecule has 1 atom stereocenters. The zero-order valence-electron chi connectivity index (χ0n) is 8.60. The predicted molar refractivity (Wildman–Crippen MR) is 52.0 cm³/mol. The van der Waals surface area contributed by atoms with Gasteiger partial charge in [-0.25, -0.2) is 9.67 Å². The number of carbonyl (C=O) groups excluding carboxylic acids is 1. The molecule has 0 saturated heterocycles. The van der Waals surface area contributed by atoms with Gasteiger partial charge in [0, 0.05) is 24.8 Å². The zero-order valence-corrected chi connectivity index (χ0v) is 8.60. The van der Waals surface area contributed by atoms with Crippen LogP contribution in [0, 0.1) is 5.92 Å². The summed E-state index contributed by atoms with van der Waals surface area (Å²) >= 11 is 0. The molecule has 1 aromatic rings. The van der Waals surface area contributed by atoms with E-state index in [1.807, 2.05) is 4.68 Å². The Morgan fingerprint density at radius 3 is 3.00 bits per heavy atom. The molecule has 1 unspecified atom stereocenters. The molecular weight excluding hydrogens is 178 g/mol. The number of rotatable bonds is 2. The van der Waals surface area contributed by atoms with Gasteiger partial charge < -0.3 is 4.79 Å². The van der Waals surface area contributed by atoms with Crippen LogP contribution in [0.15, 0.2) is 0 Å². The normalized spacial score (nSPS) is 20.9. The van der Waals surface area contributed by atoms with Gasteiger partial charge in [-0.15, -0.1) is 0 Å². The minimum Gasteiger partial charge on any atom is -0.303 e. The zero-order chi connectivity index (χ0) is 10.1. The molecule has 76 valence electrons. The number of nitrogens with zero attached hydrogens (tertiary/aromatic N) is 3. The number of aryl methyl sites for hydroxylation is 1. The molecule has 2 heterocycles. The number of hydrogen-bond donors (Lipinski definition) is 0. The number of fused-ring (bicyclic) bond motifs is 1. The lowest BCUT2D eigenvalue weighted by atomic mass is 10.0. The second-order valence-electron chi connectivity index (χ2n) is 4.15. The first kappa shape index (κ1) is 9.37. The van der Waals surface area contributed by atoms with Crippen molar-refractivity contribution < 1.29 is 4.79 Å². The first-order chi connectivity index (χ1) is 6.70. The van der Waals surface area contributed by atoms with Crippen LogP contribution in [0.5, 0.6) is 0 Å². The summed E-state index contributed by atoms with van der Waals surface area (Å²) in [5.41, 5.74) is 0. The molecule has 0 aliphatic carbocycles. The molecule has 0 N–H and O–H groups in total. The van der Waals surface area contributed by atoms with Crippen LogP contribution in [0.2, 0.25) is 0 Å². The van der Waals surface area contributed by atoms with Gasteiger partial charge in [-0.3, -0.25) is 0 Å². The van der Waals surface area contributed by atoms with E-state index in [4.69, 9.17) is 0 Å². The molecule has 4 nitrogen and oxygen atoms in total. The molecule has 4 heteroatoms. The molecule has 0 spiro atoms. The Kier molecular flexibility index (Phi) is 2.35. The highest BCUT2D eigenvalue weighted by molar-refractivity contribution is 5.54. The summed E-state index contributed by atoms with van der Waals surface area (Å²) in [4.78, 5) is 15.1. The maximum atomic E-state index is 10.7. The summed E-state index contributed by atoms with van der Waals surface area (Å²) in [6, 6.07) is 0. The van der Waals surface area contributed by atoms with E-state index in [2.05, 4.69) is 23.9 Å². The van der Waals surface area contributed by atoms with Crippen molar-refractivity contribution in [1.29, 1.82) is 0 Å². The fourth-order valence-corrected chi connectivity index (χ4v) is 1.71. The summed E-state index contributed by atoms with van der Waals surface area (Å²) in [6.45, 7) is 5.00. The molecule has 1 aliphatic rings. The van der Waals surface area contributed by atoms with Crippen molar-refractivity contribution in [3.63, 3.8) is 0 Å². The molecular formula is C10H15N3O. The lowest BCUT2D eigenvalue weighted by molar-refractivity contribution is -0.111. The van der Waals surface area contributed by atoms with Gasteiger partial charge in [0.05, 0.1) is 0 Å². The van der Waals surface area contributed by atoms with Crippen LogP contribution in [-0.2, 0) is 17.8 Å². The Morgan fingerprint density at radius 1 is 1.57 bits per heavy atom. The first-order valence-electron chi connectivity index (χ1n) is 5.09. The average Bonchev–Trinajstić information content (AvgIpc) is 2.59. The summed E-state index contributed by atoms with van der Waals surface area (Å²) < 4.78 is 1.94. The van der Waals surface area contributed by atoms with Crippen LogP contribution in [-0.4, -0.2) is 21.1 Å². The van der Waals surface area contributed by atoms with E-state index in [9.17, 15) is 4.79 Å². The molecule has 0 fully saturated rings. The van der Waals surface area contributed by atoms with Crippen molar-refractivity contribution in [2.24, 2.45) is 5.92 Å². The van der Waals surface area contributed by atoms with Gasteiger partial charge in [0.15, 0.2) is 5.82 Å². The van der Waals surface area contributed by atoms with Crippen molar-refractivity contribution in [3.05, 3.63) is 11.6 Å². The monoisotopic (exact) mass is 193 g/mol. The van der Waals surface area contributed by atoms with Gasteiger partial charge >= 0.3 is 0 Å². The Balaban J connectivity index is 2.25. The molecule has 1 aromatic heterocycles. The van der Waals surface area contributed by atoms with E-state index in [0.29, 0.717) is 5.92 Å². The summed E-state index contributed by atoms with van der Waals surface area (Å²) in [5.74, 6) is 2.37. The smallest absolute Gasteiger partial charge is 0.153 e. The maximum absolute atomic E-state index is 10.7. The van der Waals surface area contributed by atoms with Gasteiger partial charge in [-0.1, -0.05) is 13.8 Å². The van der Waals surface area contributed by atoms with Crippen LogP contribution < -0.4 is 0 Å². The third-order valence-corrected chi connectivity index (χ3v) is 2.63. The lowest BCUT2D eigenvalue weighted by Gasteiger charge is -2.16. The molecule has 0 aromatic carbocycles. The predicted octanol–water partition coefficient (Wildman–Crippen LogP) is 1.16. The van der Waals surface area contributed by atoms with Crippen molar-refractivity contribution in [1.82, 2.24) is 14.8 Å². The molecule has 0 saturated carbocycles. The molecule has 0 bridgehead atoms. The SMILES string of the molecule is CC(C)c1nc2n(n1)CCC(C=O)C2. The molecule has 0 radical (unpaired) electrons. The number of carbonyl (C=O) groups is 1. The van der Waals surface area contributed by atoms with Gasteiger partial charge in [-0.2, -0.15) is 5.10 Å². The standard InChI is InChI=1S/C10H15N3O/c1-7(2)10-11-9-5-8(6-14)3-4-13(9)12-10/h6-8H,3-5H2,1-2H3. The highest BCUT2D eigenvalue weighted by Gasteiger charge is 2.21. The van der Waals surface area contributed by atoms with Crippen LogP contribution >= 0.6 is 0 Å². The van der Waals surface area contributed by atoms with Crippen LogP contribution in [0.4, 0.5) is 0 Å². The van der Waals surface area contributed by atoms with Gasteiger partial charge in [-0.05, 0) is 6.42 Å². The van der Waals surface area contributed by atoms with Gasteiger partial charge in [0.2, 0.25) is 0 Å². The van der Waals surface area contributed by atoms with Gasteiger partial charge in [0.25, 0.3) is 0 Å². The molecule has 2 rings (SSSR count). The lowest BCUT2D eigenvalue weighted by Crippen LogP contribution is -2.21. The van der Waals surface area contributed by atoms with E-state index in [1.54, 1.807) is 0 Å². The topological polar surface area (TPSA) is 47.8 Å². The van der Waals surface area contributed by atoms with Crippen LogP contribution in [0.1, 0.15) is 37.8 Å². The molecule has 14 heavy (non-hydrogen) atoms. The number of aldehydes is 1. The fourth-order valence-electron chi connectivity index (χ4n) is 1.71. The van der Waals surface area contributed by atoms with Gasteiger partial charge in [0.1, 0.15) is 12.1 Å². The van der Waals surface area contributed by atoms with Crippen molar-refractivity contribution in [2.45, 2.75) is 39.2 Å². The fraction of sp³-hybridized carbons (Fsp3) is 0.700. The number of aromatic nitrogens is 3. The minimum absolute atomic E-state index is 0.145. The van der Waals surface area contributed by atoms with Crippen molar-refractivity contribution in [2.75, 3.05) is 0 Å². The maximum Gasteiger partial charge on any atom is 0.153 e. The Hall–Kier alpha value is -1.19. The van der Waals surface area contributed by atoms with Crippen molar-refractivity contribution >= 4 is 6.29 Å². The summed E-state index contributed by atoms with van der Waals surface area (Å²) in [7, 11) is 0. The van der Waals surface area contributed by atoms with Crippen molar-refractivity contribution in [3.8, 4) is 0 Å². The second kappa shape index (κ2) is 3.52. The minimum atomic E-state index is 0.145. The van der Waals surface area contributed by atoms with E-state index in [1.165, 1.54) is 0 Å². The third kappa shape index (κ3) is 1.56. The largest absolute Gasteiger partial charge is 0.303 e. The highest BCUT2D eigenvalue weighted by Crippen LogP contribution is 2.19. The Labute approximate surface area is 83.3 Å². The van der Waals surface area contributed by atoms with Crippen LogP contribution in [0.3, 0.4) is 0 Å². The Morgan fingerprint density at radius 2 is 2.36 bits per heavy atom. The number of hydrogen-bond acceptors (Lipinski definition) is 3. The Bertz CT molecular complexity index is 343. The summed E-state index contributed by atoms with van der Waals surface area (Å²) in [5, 5.41) is 4.41. The first-order valence-corrected chi connectivity index (χ1v) is 5.09. The molecule has 1 aliphatic heterocycles. The average molecular weight is 193 g/mol.